The molecule has 0 N–H and O–H groups in total. The maximum absolute atomic E-state index is 6.46. The summed E-state index contributed by atoms with van der Waals surface area (Å²) in [5.74, 6) is 2.03. The summed E-state index contributed by atoms with van der Waals surface area (Å²) in [4.78, 5) is 15.0. The summed E-state index contributed by atoms with van der Waals surface area (Å²) in [5, 5.41) is 4.51. The van der Waals surface area contributed by atoms with Gasteiger partial charge in [0.15, 0.2) is 17.5 Å². The number of fused-ring (bicyclic) bond motifs is 5. The molecule has 0 atom stereocenters. The monoisotopic (exact) mass is 577 g/mol. The van der Waals surface area contributed by atoms with Crippen molar-refractivity contribution in [2.75, 3.05) is 0 Å². The number of benzene rings is 6. The molecule has 2 aromatic heterocycles. The van der Waals surface area contributed by atoms with Gasteiger partial charge in [0.1, 0.15) is 11.2 Å². The van der Waals surface area contributed by atoms with Crippen LogP contribution in [0.15, 0.2) is 138 Å². The van der Waals surface area contributed by atoms with Crippen molar-refractivity contribution in [1.82, 2.24) is 15.0 Å². The van der Waals surface area contributed by atoms with Crippen LogP contribution in [0.3, 0.4) is 0 Å². The highest BCUT2D eigenvalue weighted by molar-refractivity contribution is 6.11. The van der Waals surface area contributed by atoms with Crippen LogP contribution in [0.5, 0.6) is 0 Å². The van der Waals surface area contributed by atoms with Crippen molar-refractivity contribution in [3.8, 4) is 33.9 Å². The minimum Gasteiger partial charge on any atom is -0.456 e. The van der Waals surface area contributed by atoms with Crippen molar-refractivity contribution in [1.29, 1.82) is 0 Å². The van der Waals surface area contributed by atoms with Crippen LogP contribution in [0.4, 0.5) is 0 Å². The number of allylic oxidation sites excluding steroid dienone is 1. The molecule has 4 nitrogen and oxygen atoms in total. The molecule has 8 aromatic rings. The molecule has 0 saturated heterocycles. The van der Waals surface area contributed by atoms with Gasteiger partial charge in [-0.1, -0.05) is 103 Å². The molecule has 1 aliphatic carbocycles. The van der Waals surface area contributed by atoms with Gasteiger partial charge >= 0.3 is 0 Å². The van der Waals surface area contributed by atoms with E-state index in [1.807, 2.05) is 36.4 Å². The van der Waals surface area contributed by atoms with Gasteiger partial charge in [0.25, 0.3) is 0 Å². The van der Waals surface area contributed by atoms with Gasteiger partial charge in [0.2, 0.25) is 0 Å². The van der Waals surface area contributed by atoms with E-state index in [4.69, 9.17) is 19.4 Å². The van der Waals surface area contributed by atoms with Crippen LogP contribution in [0, 0.1) is 0 Å². The molecule has 0 bridgehead atoms. The Kier molecular flexibility index (Phi) is 5.91. The first kappa shape index (κ1) is 25.6. The summed E-state index contributed by atoms with van der Waals surface area (Å²) in [6.07, 6.45) is 4.08. The molecule has 212 valence electrons. The molecule has 9 rings (SSSR count). The third-order valence-electron chi connectivity index (χ3n) is 8.80. The Hall–Kier alpha value is -5.87. The molecule has 0 amide bonds. The fourth-order valence-corrected chi connectivity index (χ4v) is 6.44. The lowest BCUT2D eigenvalue weighted by molar-refractivity contribution is 0.669. The number of aryl methyl sites for hydroxylation is 1. The Labute approximate surface area is 260 Å². The van der Waals surface area contributed by atoms with Crippen molar-refractivity contribution >= 4 is 44.4 Å². The first-order chi connectivity index (χ1) is 22.2. The number of hydrogen-bond acceptors (Lipinski definition) is 4. The molecule has 0 saturated carbocycles. The van der Waals surface area contributed by atoms with Crippen molar-refractivity contribution in [2.45, 2.75) is 12.8 Å². The predicted molar refractivity (Wildman–Crippen MR) is 184 cm³/mol. The predicted octanol–water partition coefficient (Wildman–Crippen LogP) is 10.4. The zero-order valence-electron chi connectivity index (χ0n) is 24.4. The van der Waals surface area contributed by atoms with E-state index in [2.05, 4.69) is 103 Å². The lowest BCUT2D eigenvalue weighted by Crippen LogP contribution is -2.06. The second-order valence-electron chi connectivity index (χ2n) is 11.6. The fourth-order valence-electron chi connectivity index (χ4n) is 6.44. The number of hydrogen-bond donors (Lipinski definition) is 0. The fraction of sp³-hybridized carbons (Fsp3) is 0.0488. The average Bonchev–Trinajstić information content (AvgIpc) is 3.47. The van der Waals surface area contributed by atoms with E-state index in [1.54, 1.807) is 0 Å². The third-order valence-corrected chi connectivity index (χ3v) is 8.80. The molecule has 0 fully saturated rings. The van der Waals surface area contributed by atoms with Gasteiger partial charge in [0, 0.05) is 21.9 Å². The Balaban J connectivity index is 1.17. The van der Waals surface area contributed by atoms with Crippen molar-refractivity contribution in [2.24, 2.45) is 0 Å². The van der Waals surface area contributed by atoms with Crippen LogP contribution in [0.2, 0.25) is 0 Å². The van der Waals surface area contributed by atoms with E-state index in [-0.39, 0.29) is 0 Å². The molecule has 0 unspecified atom stereocenters. The number of furan rings is 1. The summed E-state index contributed by atoms with van der Waals surface area (Å²) in [5.41, 5.74) is 9.67. The highest BCUT2D eigenvalue weighted by atomic mass is 16.3. The van der Waals surface area contributed by atoms with Gasteiger partial charge < -0.3 is 4.42 Å². The second kappa shape index (κ2) is 10.4. The second-order valence-corrected chi connectivity index (χ2v) is 11.6. The molecule has 0 radical (unpaired) electrons. The molecule has 45 heavy (non-hydrogen) atoms. The number of rotatable bonds is 4. The average molecular weight is 578 g/mol. The van der Waals surface area contributed by atoms with E-state index in [9.17, 15) is 0 Å². The lowest BCUT2D eigenvalue weighted by atomic mass is 9.92. The highest BCUT2D eigenvalue weighted by Crippen LogP contribution is 2.36. The first-order valence-corrected chi connectivity index (χ1v) is 15.3. The van der Waals surface area contributed by atoms with Crippen molar-refractivity contribution < 1.29 is 4.42 Å². The molecular weight excluding hydrogens is 550 g/mol. The Bertz CT molecular complexity index is 2420. The lowest BCUT2D eigenvalue weighted by Gasteiger charge is -2.16. The molecule has 0 spiro atoms. The zero-order chi connectivity index (χ0) is 29.7. The van der Waals surface area contributed by atoms with Gasteiger partial charge in [-0.15, -0.1) is 0 Å². The Morgan fingerprint density at radius 2 is 1.13 bits per heavy atom. The molecular formula is C41H27N3O. The maximum atomic E-state index is 6.46. The summed E-state index contributed by atoms with van der Waals surface area (Å²) in [6.45, 7) is 0. The number of nitrogens with zero attached hydrogens (tertiary/aromatic N) is 3. The largest absolute Gasteiger partial charge is 0.456 e. The van der Waals surface area contributed by atoms with Crippen molar-refractivity contribution in [3.63, 3.8) is 0 Å². The highest BCUT2D eigenvalue weighted by Gasteiger charge is 2.18. The van der Waals surface area contributed by atoms with E-state index >= 15 is 0 Å². The molecule has 4 heteroatoms. The topological polar surface area (TPSA) is 51.8 Å². The molecule has 0 aliphatic heterocycles. The minimum absolute atomic E-state index is 0.638. The summed E-state index contributed by atoms with van der Waals surface area (Å²) >= 11 is 0. The zero-order valence-corrected chi connectivity index (χ0v) is 24.4. The molecule has 2 heterocycles. The summed E-state index contributed by atoms with van der Waals surface area (Å²) in [6, 6.07) is 46.4. The molecule has 6 aromatic carbocycles. The van der Waals surface area contributed by atoms with Crippen LogP contribution < -0.4 is 0 Å². The van der Waals surface area contributed by atoms with Crippen molar-refractivity contribution in [3.05, 3.63) is 150 Å². The van der Waals surface area contributed by atoms with Crippen LogP contribution in [0.25, 0.3) is 78.3 Å². The van der Waals surface area contributed by atoms with Crippen LogP contribution >= 0.6 is 0 Å². The van der Waals surface area contributed by atoms with E-state index < -0.39 is 0 Å². The van der Waals surface area contributed by atoms with E-state index in [0.29, 0.717) is 11.6 Å². The quantitative estimate of drug-likeness (QED) is 0.209. The van der Waals surface area contributed by atoms with E-state index in [0.717, 1.165) is 62.7 Å². The summed E-state index contributed by atoms with van der Waals surface area (Å²) in [7, 11) is 0. The van der Waals surface area contributed by atoms with Gasteiger partial charge in [-0.3, -0.25) is 0 Å². The van der Waals surface area contributed by atoms with Crippen LogP contribution in [-0.4, -0.2) is 15.0 Å². The minimum atomic E-state index is 0.638. The van der Waals surface area contributed by atoms with Gasteiger partial charge in [0.05, 0.1) is 0 Å². The normalized spacial score (nSPS) is 12.8. The van der Waals surface area contributed by atoms with Gasteiger partial charge in [-0.05, 0) is 87.8 Å². The first-order valence-electron chi connectivity index (χ1n) is 15.3. The standard InChI is InChI=1S/C41H27N3O/c1-3-9-26(10-4-1)30-16-17-31-24-38-36(23-34(31)22-30)35-20-19-33(25-37(35)45-38)41-43-39(28-12-5-2-6-13-28)42-40(44-41)32-18-15-27-11-7-8-14-29(27)21-32/h1-14,16-17,19-25H,15,18H2. The van der Waals surface area contributed by atoms with Gasteiger partial charge in [-0.25, -0.2) is 15.0 Å². The summed E-state index contributed by atoms with van der Waals surface area (Å²) < 4.78 is 6.46. The van der Waals surface area contributed by atoms with Crippen LogP contribution in [-0.2, 0) is 6.42 Å². The Morgan fingerprint density at radius 3 is 1.98 bits per heavy atom. The number of aromatic nitrogens is 3. The Morgan fingerprint density at radius 1 is 0.444 bits per heavy atom. The van der Waals surface area contributed by atoms with Crippen LogP contribution in [0.1, 0.15) is 23.4 Å². The SMILES string of the molecule is C1=C(c2nc(-c3ccccc3)nc(-c3ccc4c(c3)oc3cc5ccc(-c6ccccc6)cc5cc34)n2)CCc2ccccc21. The smallest absolute Gasteiger partial charge is 0.164 e. The molecule has 1 aliphatic rings. The maximum Gasteiger partial charge on any atom is 0.164 e. The third kappa shape index (κ3) is 4.59. The van der Waals surface area contributed by atoms with E-state index in [1.165, 1.54) is 27.6 Å². The van der Waals surface area contributed by atoms with Gasteiger partial charge in [-0.2, -0.15) is 0 Å².